The van der Waals surface area contributed by atoms with Gasteiger partial charge >= 0.3 is 11.9 Å². The van der Waals surface area contributed by atoms with Crippen molar-refractivity contribution < 1.29 is 28.9 Å². The highest BCUT2D eigenvalue weighted by Crippen LogP contribution is 2.28. The number of carboxylic acid groups (broad SMARTS) is 2. The number of methoxy groups -OCH3 is 1. The van der Waals surface area contributed by atoms with Crippen LogP contribution < -0.4 is 4.74 Å². The van der Waals surface area contributed by atoms with Crippen LogP contribution in [0.25, 0.3) is 11.1 Å². The van der Waals surface area contributed by atoms with E-state index in [2.05, 4.69) is 0 Å². The van der Waals surface area contributed by atoms with Crippen LogP contribution in [0.2, 0.25) is 0 Å². The van der Waals surface area contributed by atoms with Crippen molar-refractivity contribution >= 4 is 11.9 Å². The first-order valence-corrected chi connectivity index (χ1v) is 5.88. The van der Waals surface area contributed by atoms with Crippen LogP contribution in [0.4, 0.5) is 4.39 Å². The molecule has 0 radical (unpaired) electrons. The smallest absolute Gasteiger partial charge is 0.339 e. The quantitative estimate of drug-likeness (QED) is 0.904. The molecule has 6 heteroatoms. The number of hydrogen-bond donors (Lipinski definition) is 2. The van der Waals surface area contributed by atoms with Crippen molar-refractivity contribution in [1.82, 2.24) is 0 Å². The molecule has 2 rings (SSSR count). The van der Waals surface area contributed by atoms with E-state index in [0.29, 0.717) is 11.1 Å². The second-order valence-corrected chi connectivity index (χ2v) is 4.25. The van der Waals surface area contributed by atoms with Gasteiger partial charge in [-0.1, -0.05) is 6.07 Å². The largest absolute Gasteiger partial charge is 0.496 e. The maximum Gasteiger partial charge on any atom is 0.339 e. The van der Waals surface area contributed by atoms with Gasteiger partial charge in [0, 0.05) is 0 Å². The Balaban J connectivity index is 2.57. The summed E-state index contributed by atoms with van der Waals surface area (Å²) in [6, 6.07) is 7.59. The van der Waals surface area contributed by atoms with E-state index in [0.717, 1.165) is 6.07 Å². The Bertz CT molecular complexity index is 724. The fraction of sp³-hybridized carbons (Fsp3) is 0.0667. The summed E-state index contributed by atoms with van der Waals surface area (Å²) < 4.78 is 18.5. The summed E-state index contributed by atoms with van der Waals surface area (Å²) in [5, 5.41) is 17.9. The van der Waals surface area contributed by atoms with Crippen molar-refractivity contribution in [2.24, 2.45) is 0 Å². The van der Waals surface area contributed by atoms with Crippen molar-refractivity contribution in [2.45, 2.75) is 0 Å². The zero-order valence-corrected chi connectivity index (χ0v) is 11.0. The molecular formula is C15H11FO5. The predicted octanol–water partition coefficient (Wildman–Crippen LogP) is 2.90. The molecule has 0 aliphatic rings. The zero-order valence-electron chi connectivity index (χ0n) is 11.0. The molecule has 0 aromatic heterocycles. The van der Waals surface area contributed by atoms with E-state index in [-0.39, 0.29) is 16.9 Å². The predicted molar refractivity (Wildman–Crippen MR) is 72.3 cm³/mol. The van der Waals surface area contributed by atoms with Crippen LogP contribution in [-0.4, -0.2) is 29.3 Å². The molecule has 0 atom stereocenters. The van der Waals surface area contributed by atoms with E-state index in [1.165, 1.54) is 37.4 Å². The summed E-state index contributed by atoms with van der Waals surface area (Å²) in [6.45, 7) is 0. The van der Waals surface area contributed by atoms with Crippen molar-refractivity contribution in [2.75, 3.05) is 7.11 Å². The normalized spacial score (nSPS) is 10.2. The Labute approximate surface area is 119 Å². The molecule has 0 amide bonds. The summed E-state index contributed by atoms with van der Waals surface area (Å²) in [5.41, 5.74) is 0.559. The molecule has 0 fully saturated rings. The van der Waals surface area contributed by atoms with Crippen LogP contribution >= 0.6 is 0 Å². The summed E-state index contributed by atoms with van der Waals surface area (Å²) in [7, 11) is 1.32. The highest BCUT2D eigenvalue weighted by atomic mass is 19.1. The van der Waals surface area contributed by atoms with Gasteiger partial charge in [-0.05, 0) is 41.5 Å². The van der Waals surface area contributed by atoms with Gasteiger partial charge < -0.3 is 14.9 Å². The van der Waals surface area contributed by atoms with E-state index < -0.39 is 17.8 Å². The van der Waals surface area contributed by atoms with Crippen LogP contribution in [0, 0.1) is 5.82 Å². The molecule has 0 saturated heterocycles. The molecule has 108 valence electrons. The van der Waals surface area contributed by atoms with Crippen LogP contribution in [0.5, 0.6) is 5.75 Å². The summed E-state index contributed by atoms with van der Waals surface area (Å²) in [4.78, 5) is 21.9. The van der Waals surface area contributed by atoms with Gasteiger partial charge in [0.2, 0.25) is 0 Å². The van der Waals surface area contributed by atoms with Gasteiger partial charge in [0.25, 0.3) is 0 Å². The number of rotatable bonds is 4. The second-order valence-electron chi connectivity index (χ2n) is 4.25. The zero-order chi connectivity index (χ0) is 15.6. The molecule has 2 aromatic carbocycles. The van der Waals surface area contributed by atoms with E-state index in [4.69, 9.17) is 14.9 Å². The number of carbonyl (C=O) groups is 2. The van der Waals surface area contributed by atoms with Gasteiger partial charge in [0.15, 0.2) is 0 Å². The lowest BCUT2D eigenvalue weighted by Gasteiger charge is -2.09. The lowest BCUT2D eigenvalue weighted by molar-refractivity contribution is 0.0684. The van der Waals surface area contributed by atoms with Crippen LogP contribution in [0.1, 0.15) is 20.7 Å². The molecular weight excluding hydrogens is 279 g/mol. The van der Waals surface area contributed by atoms with Crippen molar-refractivity contribution in [3.05, 3.63) is 53.3 Å². The maximum absolute atomic E-state index is 13.5. The molecule has 21 heavy (non-hydrogen) atoms. The fourth-order valence-corrected chi connectivity index (χ4v) is 1.93. The number of halogens is 1. The van der Waals surface area contributed by atoms with Gasteiger partial charge in [-0.15, -0.1) is 0 Å². The molecule has 2 aromatic rings. The van der Waals surface area contributed by atoms with E-state index in [9.17, 15) is 14.0 Å². The molecule has 5 nitrogen and oxygen atoms in total. The maximum atomic E-state index is 13.5. The van der Waals surface area contributed by atoms with Gasteiger partial charge in [0.05, 0.1) is 12.7 Å². The number of benzene rings is 2. The fourth-order valence-electron chi connectivity index (χ4n) is 1.93. The lowest BCUT2D eigenvalue weighted by atomic mass is 10.0. The van der Waals surface area contributed by atoms with E-state index in [1.807, 2.05) is 0 Å². The Morgan fingerprint density at radius 3 is 2.29 bits per heavy atom. The van der Waals surface area contributed by atoms with Gasteiger partial charge in [0.1, 0.15) is 17.1 Å². The van der Waals surface area contributed by atoms with Crippen LogP contribution in [-0.2, 0) is 0 Å². The minimum absolute atomic E-state index is 0.0314. The molecule has 2 N–H and O–H groups in total. The third-order valence-electron chi connectivity index (χ3n) is 2.91. The number of carboxylic acids is 2. The summed E-state index contributed by atoms with van der Waals surface area (Å²) in [5.74, 6) is -2.97. The van der Waals surface area contributed by atoms with Gasteiger partial charge in [-0.3, -0.25) is 0 Å². The Morgan fingerprint density at radius 1 is 1.00 bits per heavy atom. The SMILES string of the molecule is COc1cc(-c2cc(F)cc(C(=O)O)c2)ccc1C(=O)O. The monoisotopic (exact) mass is 290 g/mol. The molecule has 0 aliphatic heterocycles. The van der Waals surface area contributed by atoms with Crippen LogP contribution in [0.3, 0.4) is 0 Å². The number of hydrogen-bond acceptors (Lipinski definition) is 3. The first-order chi connectivity index (χ1) is 9.92. The van der Waals surface area contributed by atoms with Gasteiger partial charge in [-0.2, -0.15) is 0 Å². The first-order valence-electron chi connectivity index (χ1n) is 5.88. The Morgan fingerprint density at radius 2 is 1.71 bits per heavy atom. The first kappa shape index (κ1) is 14.5. The third-order valence-corrected chi connectivity index (χ3v) is 2.91. The lowest BCUT2D eigenvalue weighted by Crippen LogP contribution is -2.01. The summed E-state index contributed by atoms with van der Waals surface area (Å²) in [6.07, 6.45) is 0. The second kappa shape index (κ2) is 5.62. The molecule has 0 unspecified atom stereocenters. The third kappa shape index (κ3) is 3.00. The molecule has 0 saturated carbocycles. The molecule has 0 bridgehead atoms. The summed E-state index contributed by atoms with van der Waals surface area (Å²) >= 11 is 0. The average molecular weight is 290 g/mol. The van der Waals surface area contributed by atoms with Crippen molar-refractivity contribution in [1.29, 1.82) is 0 Å². The highest BCUT2D eigenvalue weighted by molar-refractivity contribution is 5.93. The Kier molecular flexibility index (Phi) is 3.89. The Hall–Kier alpha value is -2.89. The number of ether oxygens (including phenoxy) is 1. The molecule has 0 aliphatic carbocycles. The van der Waals surface area contributed by atoms with Crippen molar-refractivity contribution in [3.8, 4) is 16.9 Å². The highest BCUT2D eigenvalue weighted by Gasteiger charge is 2.14. The van der Waals surface area contributed by atoms with E-state index >= 15 is 0 Å². The van der Waals surface area contributed by atoms with Crippen molar-refractivity contribution in [3.63, 3.8) is 0 Å². The topological polar surface area (TPSA) is 83.8 Å². The van der Waals surface area contributed by atoms with Crippen LogP contribution in [0.15, 0.2) is 36.4 Å². The molecule has 0 heterocycles. The minimum Gasteiger partial charge on any atom is -0.496 e. The van der Waals surface area contributed by atoms with Gasteiger partial charge in [-0.25, -0.2) is 14.0 Å². The molecule has 0 spiro atoms. The van der Waals surface area contributed by atoms with E-state index in [1.54, 1.807) is 0 Å². The number of aromatic carboxylic acids is 2. The average Bonchev–Trinajstić information content (AvgIpc) is 2.45. The standard InChI is InChI=1S/C15H11FO5/c1-21-13-7-8(2-3-12(13)15(19)20)9-4-10(14(17)18)6-11(16)5-9/h2-7H,1H3,(H,17,18)(H,19,20). The minimum atomic E-state index is -1.25.